The number of methoxy groups -OCH3 is 1. The molecule has 0 saturated carbocycles. The van der Waals surface area contributed by atoms with Gasteiger partial charge in [0.25, 0.3) is 0 Å². The Bertz CT molecular complexity index is 1160. The van der Waals surface area contributed by atoms with Crippen molar-refractivity contribution in [3.8, 4) is 11.5 Å². The van der Waals surface area contributed by atoms with Gasteiger partial charge in [-0.3, -0.25) is 0 Å². The van der Waals surface area contributed by atoms with Crippen molar-refractivity contribution in [2.24, 2.45) is 0 Å². The molecule has 0 saturated heterocycles. The molecule has 8 nitrogen and oxygen atoms in total. The molecule has 30 heavy (non-hydrogen) atoms. The number of nitrogens with zero attached hydrogens (tertiary/aromatic N) is 5. The second kappa shape index (κ2) is 8.31. The van der Waals surface area contributed by atoms with Crippen LogP contribution >= 0.6 is 0 Å². The summed E-state index contributed by atoms with van der Waals surface area (Å²) in [5, 5.41) is 5.62. The van der Waals surface area contributed by atoms with E-state index in [1.165, 1.54) is 16.2 Å². The van der Waals surface area contributed by atoms with Crippen molar-refractivity contribution in [1.82, 2.24) is 24.1 Å². The number of hydrogen-bond donors (Lipinski definition) is 1. The largest absolute Gasteiger partial charge is 0.497 e. The average molecular weight is 410 g/mol. The first-order valence-electron chi connectivity index (χ1n) is 10.2. The Labute approximate surface area is 176 Å². The minimum atomic E-state index is 0.292. The van der Waals surface area contributed by atoms with Crippen LogP contribution in [-0.2, 0) is 13.2 Å². The monoisotopic (exact) mass is 409 g/mol. The summed E-state index contributed by atoms with van der Waals surface area (Å²) < 4.78 is 15.1. The van der Waals surface area contributed by atoms with Gasteiger partial charge in [-0.25, -0.2) is 14.5 Å². The van der Waals surface area contributed by atoms with Crippen LogP contribution in [0, 0.1) is 13.8 Å². The molecule has 0 bridgehead atoms. The van der Waals surface area contributed by atoms with Gasteiger partial charge in [0.2, 0.25) is 0 Å². The van der Waals surface area contributed by atoms with E-state index >= 15 is 0 Å². The lowest BCUT2D eigenvalue weighted by molar-refractivity contribution is -0.858. The molecule has 0 fully saturated rings. The molecule has 3 heterocycles. The SMILES string of the molecule is COc1ccc(OCc2nc3c4c(C)c(C)n(CCC[NH+](C)C)c4ncn3n2)cc1. The molecule has 0 aliphatic carbocycles. The summed E-state index contributed by atoms with van der Waals surface area (Å²) in [7, 11) is 6.00. The van der Waals surface area contributed by atoms with Gasteiger partial charge >= 0.3 is 0 Å². The van der Waals surface area contributed by atoms with Gasteiger partial charge in [0.05, 0.1) is 33.1 Å². The van der Waals surface area contributed by atoms with Crippen LogP contribution in [0.3, 0.4) is 0 Å². The smallest absolute Gasteiger partial charge is 0.189 e. The molecule has 0 aliphatic rings. The van der Waals surface area contributed by atoms with Gasteiger partial charge in [-0.05, 0) is 43.7 Å². The van der Waals surface area contributed by atoms with Crippen LogP contribution in [0.4, 0.5) is 0 Å². The molecule has 0 amide bonds. The Morgan fingerprint density at radius 1 is 1.03 bits per heavy atom. The number of aromatic nitrogens is 5. The first-order valence-corrected chi connectivity index (χ1v) is 10.2. The predicted octanol–water partition coefficient (Wildman–Crippen LogP) is 1.82. The normalized spacial score (nSPS) is 11.7. The molecule has 158 valence electrons. The summed E-state index contributed by atoms with van der Waals surface area (Å²) in [6, 6.07) is 7.48. The maximum Gasteiger partial charge on any atom is 0.189 e. The predicted molar refractivity (Wildman–Crippen MR) is 115 cm³/mol. The van der Waals surface area contributed by atoms with E-state index in [0.29, 0.717) is 12.4 Å². The van der Waals surface area contributed by atoms with E-state index in [1.54, 1.807) is 18.0 Å². The highest BCUT2D eigenvalue weighted by Gasteiger charge is 2.18. The zero-order valence-electron chi connectivity index (χ0n) is 18.3. The summed E-state index contributed by atoms with van der Waals surface area (Å²) in [4.78, 5) is 10.9. The average Bonchev–Trinajstić information content (AvgIpc) is 3.26. The molecule has 3 aromatic heterocycles. The van der Waals surface area contributed by atoms with Crippen molar-refractivity contribution in [2.45, 2.75) is 33.4 Å². The number of ether oxygens (including phenoxy) is 2. The van der Waals surface area contributed by atoms with Gasteiger partial charge in [0.15, 0.2) is 11.5 Å². The highest BCUT2D eigenvalue weighted by Crippen LogP contribution is 2.27. The van der Waals surface area contributed by atoms with E-state index in [0.717, 1.165) is 47.7 Å². The van der Waals surface area contributed by atoms with Crippen molar-refractivity contribution < 1.29 is 14.4 Å². The maximum absolute atomic E-state index is 5.85. The Balaban J connectivity index is 1.61. The number of quaternary nitrogens is 1. The van der Waals surface area contributed by atoms with Crippen molar-refractivity contribution >= 4 is 16.7 Å². The molecule has 0 atom stereocenters. The van der Waals surface area contributed by atoms with Gasteiger partial charge in [-0.15, -0.1) is 5.10 Å². The third-order valence-electron chi connectivity index (χ3n) is 5.48. The Hall–Kier alpha value is -3.13. The molecular weight excluding hydrogens is 380 g/mol. The zero-order valence-corrected chi connectivity index (χ0v) is 18.3. The molecule has 8 heteroatoms. The lowest BCUT2D eigenvalue weighted by Gasteiger charge is -2.10. The van der Waals surface area contributed by atoms with E-state index in [-0.39, 0.29) is 0 Å². The topological polar surface area (TPSA) is 70.9 Å². The fourth-order valence-corrected chi connectivity index (χ4v) is 3.72. The van der Waals surface area contributed by atoms with Crippen molar-refractivity contribution in [3.63, 3.8) is 0 Å². The molecule has 0 spiro atoms. The Kier molecular flexibility index (Phi) is 5.59. The highest BCUT2D eigenvalue weighted by molar-refractivity contribution is 5.93. The number of rotatable bonds is 8. The molecule has 1 N–H and O–H groups in total. The van der Waals surface area contributed by atoms with Gasteiger partial charge in [-0.1, -0.05) is 0 Å². The quantitative estimate of drug-likeness (QED) is 0.481. The van der Waals surface area contributed by atoms with Crippen LogP contribution in [-0.4, -0.2) is 51.9 Å². The molecule has 0 unspecified atom stereocenters. The summed E-state index contributed by atoms with van der Waals surface area (Å²) in [5.74, 6) is 2.17. The Morgan fingerprint density at radius 3 is 2.47 bits per heavy atom. The van der Waals surface area contributed by atoms with Gasteiger partial charge in [0, 0.05) is 18.7 Å². The number of nitrogens with one attached hydrogen (secondary N) is 1. The lowest BCUT2D eigenvalue weighted by atomic mass is 10.2. The van der Waals surface area contributed by atoms with E-state index in [4.69, 9.17) is 19.4 Å². The summed E-state index contributed by atoms with van der Waals surface area (Å²) >= 11 is 0. The second-order valence-corrected chi connectivity index (χ2v) is 7.88. The minimum Gasteiger partial charge on any atom is -0.497 e. The number of hydrogen-bond acceptors (Lipinski definition) is 5. The minimum absolute atomic E-state index is 0.292. The van der Waals surface area contributed by atoms with Crippen LogP contribution in [0.1, 0.15) is 23.5 Å². The first kappa shape index (κ1) is 20.2. The summed E-state index contributed by atoms with van der Waals surface area (Å²) in [6.07, 6.45) is 2.85. The van der Waals surface area contributed by atoms with E-state index < -0.39 is 0 Å². The summed E-state index contributed by atoms with van der Waals surface area (Å²) in [5.41, 5.74) is 4.24. The van der Waals surface area contributed by atoms with Crippen LogP contribution < -0.4 is 14.4 Å². The van der Waals surface area contributed by atoms with E-state index in [9.17, 15) is 0 Å². The fraction of sp³-hybridized carbons (Fsp3) is 0.409. The van der Waals surface area contributed by atoms with Crippen LogP contribution in [0.25, 0.3) is 16.7 Å². The molecule has 4 aromatic rings. The molecular formula is C22H29N6O2+. The van der Waals surface area contributed by atoms with Crippen molar-refractivity contribution in [1.29, 1.82) is 0 Å². The third-order valence-corrected chi connectivity index (χ3v) is 5.48. The first-order chi connectivity index (χ1) is 14.5. The van der Waals surface area contributed by atoms with Gasteiger partial charge < -0.3 is 18.9 Å². The van der Waals surface area contributed by atoms with E-state index in [2.05, 4.69) is 37.6 Å². The standard InChI is InChI=1S/C22H28N6O2/c1-15-16(2)27(12-6-11-26(3)4)21-20(15)22-24-19(25-28(22)14-23-21)13-30-18-9-7-17(29-5)8-10-18/h7-10,14H,6,11-13H2,1-5H3/p+1. The van der Waals surface area contributed by atoms with Gasteiger partial charge in [-0.2, -0.15) is 0 Å². The summed E-state index contributed by atoms with van der Waals surface area (Å²) in [6.45, 7) is 6.65. The number of fused-ring (bicyclic) bond motifs is 3. The van der Waals surface area contributed by atoms with Gasteiger partial charge in [0.1, 0.15) is 30.1 Å². The van der Waals surface area contributed by atoms with Crippen molar-refractivity contribution in [3.05, 3.63) is 47.7 Å². The van der Waals surface area contributed by atoms with E-state index in [1.807, 2.05) is 24.3 Å². The van der Waals surface area contributed by atoms with Crippen molar-refractivity contribution in [2.75, 3.05) is 27.7 Å². The van der Waals surface area contributed by atoms with Crippen LogP contribution in [0.15, 0.2) is 30.6 Å². The highest BCUT2D eigenvalue weighted by atomic mass is 16.5. The lowest BCUT2D eigenvalue weighted by Crippen LogP contribution is -3.05. The molecule has 1 aromatic carbocycles. The van der Waals surface area contributed by atoms with Crippen LogP contribution in [0.5, 0.6) is 11.5 Å². The molecule has 4 rings (SSSR count). The van der Waals surface area contributed by atoms with Crippen LogP contribution in [0.2, 0.25) is 0 Å². The third kappa shape index (κ3) is 3.82. The molecule has 0 radical (unpaired) electrons. The Morgan fingerprint density at radius 2 is 1.77 bits per heavy atom. The maximum atomic E-state index is 5.85. The number of benzene rings is 1. The fourth-order valence-electron chi connectivity index (χ4n) is 3.72. The second-order valence-electron chi connectivity index (χ2n) is 7.88. The molecule has 0 aliphatic heterocycles. The zero-order chi connectivity index (χ0) is 21.3. The number of aryl methyl sites for hydroxylation is 2.